The summed E-state index contributed by atoms with van der Waals surface area (Å²) in [4.78, 5) is 0.125. The molecule has 112 valence electrons. The maximum atomic E-state index is 13.1. The Bertz CT molecular complexity index is 807. The molecule has 0 aromatic heterocycles. The lowest BCUT2D eigenvalue weighted by Gasteiger charge is -2.14. The van der Waals surface area contributed by atoms with Crippen molar-refractivity contribution in [3.05, 3.63) is 50.8 Å². The molecule has 0 spiro atoms. The number of hydrogen-bond acceptors (Lipinski definition) is 3. The van der Waals surface area contributed by atoms with Gasteiger partial charge in [-0.05, 0) is 77.9 Å². The number of nitrogens with one attached hydrogen (secondary N) is 1. The summed E-state index contributed by atoms with van der Waals surface area (Å²) in [7, 11) is -3.78. The SMILES string of the molecule is Cc1cc(N)c(C)c(S(=O)(=O)Nc2ccc(F)cc2I)c1. The second-order valence-corrected chi connectivity index (χ2v) is 7.52. The Labute approximate surface area is 136 Å². The van der Waals surface area contributed by atoms with Gasteiger partial charge in [0.15, 0.2) is 0 Å². The van der Waals surface area contributed by atoms with E-state index in [9.17, 15) is 12.8 Å². The molecule has 0 fully saturated rings. The van der Waals surface area contributed by atoms with E-state index in [1.54, 1.807) is 26.0 Å². The molecule has 0 saturated carbocycles. The maximum absolute atomic E-state index is 13.1. The number of hydrogen-bond donors (Lipinski definition) is 2. The summed E-state index contributed by atoms with van der Waals surface area (Å²) in [6.07, 6.45) is 0. The summed E-state index contributed by atoms with van der Waals surface area (Å²) in [5.41, 5.74) is 7.82. The standard InChI is InChI=1S/C14H14FIN2O2S/c1-8-5-12(17)9(2)14(6-8)21(19,20)18-13-4-3-10(15)7-11(13)16/h3-7,18H,17H2,1-2H3. The molecule has 2 aromatic rings. The number of benzene rings is 2. The molecule has 21 heavy (non-hydrogen) atoms. The van der Waals surface area contributed by atoms with E-state index in [0.717, 1.165) is 5.56 Å². The van der Waals surface area contributed by atoms with Crippen LogP contribution < -0.4 is 10.5 Å². The van der Waals surface area contributed by atoms with Crippen LogP contribution in [0.5, 0.6) is 0 Å². The summed E-state index contributed by atoms with van der Waals surface area (Å²) < 4.78 is 41.0. The molecule has 3 N–H and O–H groups in total. The van der Waals surface area contributed by atoms with Gasteiger partial charge in [-0.2, -0.15) is 0 Å². The minimum absolute atomic E-state index is 0.125. The van der Waals surface area contributed by atoms with E-state index in [0.29, 0.717) is 20.5 Å². The van der Waals surface area contributed by atoms with Crippen LogP contribution in [0, 0.1) is 23.2 Å². The quantitative estimate of drug-likeness (QED) is 0.591. The minimum atomic E-state index is -3.78. The van der Waals surface area contributed by atoms with Crippen LogP contribution in [0.1, 0.15) is 11.1 Å². The first-order chi connectivity index (χ1) is 9.70. The van der Waals surface area contributed by atoms with Crippen molar-refractivity contribution < 1.29 is 12.8 Å². The summed E-state index contributed by atoms with van der Waals surface area (Å²) in [5.74, 6) is -0.418. The van der Waals surface area contributed by atoms with Gasteiger partial charge in [0.1, 0.15) is 5.82 Å². The van der Waals surface area contributed by atoms with Crippen molar-refractivity contribution in [3.8, 4) is 0 Å². The van der Waals surface area contributed by atoms with E-state index in [1.807, 2.05) is 22.6 Å². The summed E-state index contributed by atoms with van der Waals surface area (Å²) in [6.45, 7) is 3.43. The van der Waals surface area contributed by atoms with Crippen molar-refractivity contribution in [1.29, 1.82) is 0 Å². The van der Waals surface area contributed by atoms with Crippen molar-refractivity contribution in [3.63, 3.8) is 0 Å². The average Bonchev–Trinajstić information content (AvgIpc) is 2.37. The van der Waals surface area contributed by atoms with Gasteiger partial charge in [0, 0.05) is 9.26 Å². The van der Waals surface area contributed by atoms with Crippen LogP contribution in [-0.2, 0) is 10.0 Å². The molecule has 0 bridgehead atoms. The molecule has 0 saturated heterocycles. The average molecular weight is 420 g/mol. The van der Waals surface area contributed by atoms with E-state index in [4.69, 9.17) is 5.73 Å². The van der Waals surface area contributed by atoms with Crippen molar-refractivity contribution >= 4 is 44.0 Å². The van der Waals surface area contributed by atoms with Gasteiger partial charge >= 0.3 is 0 Å². The van der Waals surface area contributed by atoms with Gasteiger partial charge in [-0.25, -0.2) is 12.8 Å². The monoisotopic (exact) mass is 420 g/mol. The van der Waals surface area contributed by atoms with Gasteiger partial charge in [0.25, 0.3) is 10.0 Å². The normalized spacial score (nSPS) is 11.4. The molecule has 0 atom stereocenters. The molecule has 2 rings (SSSR count). The van der Waals surface area contributed by atoms with E-state index in [2.05, 4.69) is 4.72 Å². The highest BCUT2D eigenvalue weighted by molar-refractivity contribution is 14.1. The second-order valence-electron chi connectivity index (χ2n) is 4.71. The molecule has 7 heteroatoms. The van der Waals surface area contributed by atoms with Crippen LogP contribution in [-0.4, -0.2) is 8.42 Å². The molecule has 0 heterocycles. The topological polar surface area (TPSA) is 72.2 Å². The van der Waals surface area contributed by atoms with Crippen LogP contribution in [0.4, 0.5) is 15.8 Å². The third-order valence-corrected chi connectivity index (χ3v) is 5.39. The Morgan fingerprint density at radius 3 is 2.48 bits per heavy atom. The lowest BCUT2D eigenvalue weighted by molar-refractivity contribution is 0.600. The maximum Gasteiger partial charge on any atom is 0.262 e. The van der Waals surface area contributed by atoms with Gasteiger partial charge < -0.3 is 5.73 Å². The van der Waals surface area contributed by atoms with Gasteiger partial charge in [-0.3, -0.25) is 4.72 Å². The molecular weight excluding hydrogens is 406 g/mol. The first-order valence-electron chi connectivity index (χ1n) is 6.05. The number of halogens is 2. The fourth-order valence-corrected chi connectivity index (χ4v) is 4.14. The molecule has 2 aromatic carbocycles. The Morgan fingerprint density at radius 2 is 1.86 bits per heavy atom. The van der Waals surface area contributed by atoms with Crippen molar-refractivity contribution in [2.24, 2.45) is 0 Å². The summed E-state index contributed by atoms with van der Waals surface area (Å²) >= 11 is 1.88. The lowest BCUT2D eigenvalue weighted by atomic mass is 10.1. The first kappa shape index (κ1) is 16.0. The highest BCUT2D eigenvalue weighted by Gasteiger charge is 2.20. The summed E-state index contributed by atoms with van der Waals surface area (Å²) in [6, 6.07) is 7.14. The molecular formula is C14H14FIN2O2S. The number of aryl methyl sites for hydroxylation is 1. The van der Waals surface area contributed by atoms with Crippen LogP contribution in [0.15, 0.2) is 35.2 Å². The highest BCUT2D eigenvalue weighted by atomic mass is 127. The lowest BCUT2D eigenvalue weighted by Crippen LogP contribution is -2.16. The predicted octanol–water partition coefficient (Wildman–Crippen LogP) is 3.43. The Hall–Kier alpha value is -1.35. The predicted molar refractivity (Wildman–Crippen MR) is 90.3 cm³/mol. The first-order valence-corrected chi connectivity index (χ1v) is 8.61. The van der Waals surface area contributed by atoms with Crippen molar-refractivity contribution in [2.45, 2.75) is 18.7 Å². The molecule has 4 nitrogen and oxygen atoms in total. The second kappa shape index (κ2) is 5.80. The Kier molecular flexibility index (Phi) is 4.43. The van der Waals surface area contributed by atoms with Gasteiger partial charge in [-0.1, -0.05) is 0 Å². The molecule has 0 aliphatic rings. The van der Waals surface area contributed by atoms with E-state index < -0.39 is 15.8 Å². The van der Waals surface area contributed by atoms with Gasteiger partial charge in [0.05, 0.1) is 10.6 Å². The zero-order chi connectivity index (χ0) is 15.8. The van der Waals surface area contributed by atoms with Crippen LogP contribution in [0.2, 0.25) is 0 Å². The number of sulfonamides is 1. The number of nitrogens with two attached hydrogens (primary N) is 1. The smallest absolute Gasteiger partial charge is 0.262 e. The largest absolute Gasteiger partial charge is 0.398 e. The third-order valence-electron chi connectivity index (χ3n) is 3.01. The number of nitrogen functional groups attached to an aromatic ring is 1. The fourth-order valence-electron chi connectivity index (χ4n) is 1.90. The number of rotatable bonds is 3. The Balaban J connectivity index is 2.48. The minimum Gasteiger partial charge on any atom is -0.398 e. The van der Waals surface area contributed by atoms with Crippen molar-refractivity contribution in [2.75, 3.05) is 10.5 Å². The molecule has 0 unspecified atom stereocenters. The molecule has 0 aliphatic heterocycles. The highest BCUT2D eigenvalue weighted by Crippen LogP contribution is 2.27. The third kappa shape index (κ3) is 3.46. The molecule has 0 amide bonds. The zero-order valence-electron chi connectivity index (χ0n) is 11.4. The van der Waals surface area contributed by atoms with Gasteiger partial charge in [-0.15, -0.1) is 0 Å². The van der Waals surface area contributed by atoms with E-state index in [1.165, 1.54) is 18.2 Å². The van der Waals surface area contributed by atoms with Crippen LogP contribution >= 0.6 is 22.6 Å². The van der Waals surface area contributed by atoms with E-state index >= 15 is 0 Å². The van der Waals surface area contributed by atoms with Gasteiger partial charge in [0.2, 0.25) is 0 Å². The Morgan fingerprint density at radius 1 is 1.19 bits per heavy atom. The number of anilines is 2. The van der Waals surface area contributed by atoms with Crippen molar-refractivity contribution in [1.82, 2.24) is 0 Å². The van der Waals surface area contributed by atoms with E-state index in [-0.39, 0.29) is 4.90 Å². The molecule has 0 aliphatic carbocycles. The van der Waals surface area contributed by atoms with Crippen LogP contribution in [0.25, 0.3) is 0 Å². The molecule has 0 radical (unpaired) electrons. The zero-order valence-corrected chi connectivity index (χ0v) is 14.4. The summed E-state index contributed by atoms with van der Waals surface area (Å²) in [5, 5.41) is 0. The fraction of sp³-hybridized carbons (Fsp3) is 0.143. The van der Waals surface area contributed by atoms with Crippen LogP contribution in [0.3, 0.4) is 0 Å².